The monoisotopic (exact) mass is 1870 g/mol. The first-order chi connectivity index (χ1) is 50.0. The number of fused-ring (bicyclic) bond motifs is 2. The van der Waals surface area contributed by atoms with E-state index in [1.165, 1.54) is 88.8 Å². The molecule has 0 bridgehead atoms. The Kier molecular flexibility index (Phi) is 48.1. The maximum absolute atomic E-state index is 12.2. The van der Waals surface area contributed by atoms with Crippen molar-refractivity contribution in [2.75, 3.05) is 63.3 Å². The van der Waals surface area contributed by atoms with E-state index in [1.807, 2.05) is 96.3 Å². The number of aromatic carboxylic acids is 4. The largest absolute Gasteiger partial charge is 1.00 e. The number of anilines is 3. The molecule has 15 N–H and O–H groups in total. The second-order valence-corrected chi connectivity index (χ2v) is 24.4. The van der Waals surface area contributed by atoms with Gasteiger partial charge >= 0.3 is 71.0 Å². The number of nitrogens with two attached hydrogens (primary N) is 2. The number of amides is 1. The number of esters is 3. The van der Waals surface area contributed by atoms with Crippen LogP contribution < -0.4 is 35.6 Å². The molecule has 37 heteroatoms. The number of aliphatic hydroxyl groups is 1. The predicted molar refractivity (Wildman–Crippen MR) is 426 cm³/mol. The van der Waals surface area contributed by atoms with Gasteiger partial charge in [0.25, 0.3) is 17.3 Å². The number of nitrogen functional groups attached to an aromatic ring is 2. The molecule has 0 saturated carbocycles. The SMILES string of the molecule is C.C1CCOC1.CC(c1ccc(C(=O)O)cc1N)c1ccccc1C(=O)O.CC1c2ccc(C(=O)O)cc2NC(=O)c2ccccc21.CO.COC(=O)c1ccc(C(C)c2ccccc2C(=O)OC)c(N)c1.COC(=O)c1ccc(I)c([N+](=O)[O-])c1.O.O=C(O)c1ccc(I)c([N+](=O)[O-])c1.O=S(=O)(O)O.[2H]CI.[Li+].[OH-]. The fourth-order valence-electron chi connectivity index (χ4n) is 9.70. The maximum Gasteiger partial charge on any atom is 1.00 e. The maximum atomic E-state index is 12.2. The molecule has 109 heavy (non-hydrogen) atoms. The molecule has 1 fully saturated rings. The van der Waals surface area contributed by atoms with Gasteiger partial charge in [-0.1, -0.05) is 124 Å². The molecule has 2 aliphatic heterocycles. The summed E-state index contributed by atoms with van der Waals surface area (Å²) in [4.78, 5) is 111. The Labute approximate surface area is 681 Å². The van der Waals surface area contributed by atoms with Crippen molar-refractivity contribution >= 4 is 154 Å². The molecule has 1 amide bonds. The van der Waals surface area contributed by atoms with Crippen LogP contribution in [-0.2, 0) is 29.3 Å². The van der Waals surface area contributed by atoms with Crippen LogP contribution in [0, 0.1) is 27.4 Å². The Hall–Kier alpha value is -9.58. The summed E-state index contributed by atoms with van der Waals surface area (Å²) in [5.74, 6) is -6.18. The van der Waals surface area contributed by atoms with E-state index in [4.69, 9.17) is 60.3 Å². The van der Waals surface area contributed by atoms with Crippen LogP contribution in [0.3, 0.4) is 0 Å². The van der Waals surface area contributed by atoms with Crippen LogP contribution in [0.4, 0.5) is 28.4 Å². The first kappa shape index (κ1) is 101. The number of aliphatic hydroxyl groups excluding tert-OH is 1. The van der Waals surface area contributed by atoms with Crippen LogP contribution in [0.2, 0.25) is 0 Å². The number of ether oxygens (including phenoxy) is 4. The number of benzene rings is 8. The van der Waals surface area contributed by atoms with Gasteiger partial charge in [0.1, 0.15) is 0 Å². The predicted octanol–water partition coefficient (Wildman–Crippen LogP) is 10.2. The summed E-state index contributed by atoms with van der Waals surface area (Å²) in [5.41, 5.74) is 20.1. The Balaban J connectivity index is -0.00000124. The summed E-state index contributed by atoms with van der Waals surface area (Å²) in [7, 11) is 0.233. The van der Waals surface area contributed by atoms with Crippen LogP contribution in [0.1, 0.15) is 176 Å². The van der Waals surface area contributed by atoms with Gasteiger partial charge in [-0.3, -0.25) is 34.1 Å². The average Bonchev–Trinajstić information content (AvgIpc) is 1.02. The zero-order valence-corrected chi connectivity index (χ0v) is 66.2. The fourth-order valence-corrected chi connectivity index (χ4v) is 10.8. The molecule has 0 aromatic heterocycles. The minimum atomic E-state index is -4.67. The van der Waals surface area contributed by atoms with Crippen molar-refractivity contribution in [3.8, 4) is 0 Å². The van der Waals surface area contributed by atoms with Crippen LogP contribution in [0.5, 0.6) is 0 Å². The van der Waals surface area contributed by atoms with E-state index >= 15 is 0 Å². The molecular weight excluding hydrogens is 1790 g/mol. The summed E-state index contributed by atoms with van der Waals surface area (Å²) < 4.78 is 57.6. The number of nitrogens with zero attached hydrogens (tertiary/aromatic N) is 2. The van der Waals surface area contributed by atoms with Crippen molar-refractivity contribution < 1.29 is 141 Å². The van der Waals surface area contributed by atoms with Crippen molar-refractivity contribution in [2.45, 2.75) is 58.8 Å². The molecule has 32 nitrogen and oxygen atoms in total. The van der Waals surface area contributed by atoms with E-state index in [0.29, 0.717) is 56.9 Å². The third-order valence-electron chi connectivity index (χ3n) is 14.7. The quantitative estimate of drug-likeness (QED) is 0.00590. The van der Waals surface area contributed by atoms with Gasteiger partial charge in [0.05, 0.1) is 77.3 Å². The smallest absolute Gasteiger partial charge is 0.870 e. The summed E-state index contributed by atoms with van der Waals surface area (Å²) in [6, 6.07) is 43.7. The molecule has 10 rings (SSSR count). The Bertz CT molecular complexity index is 4540. The van der Waals surface area contributed by atoms with Crippen LogP contribution in [0.15, 0.2) is 164 Å². The molecule has 0 aliphatic carbocycles. The summed E-state index contributed by atoms with van der Waals surface area (Å²) >= 11 is 5.57. The Morgan fingerprint density at radius 1 is 0.569 bits per heavy atom. The van der Waals surface area contributed by atoms with E-state index in [1.54, 1.807) is 95.4 Å². The minimum Gasteiger partial charge on any atom is -0.870 e. The molecule has 3 atom stereocenters. The Morgan fingerprint density at radius 2 is 0.917 bits per heavy atom. The average molecular weight is 1870 g/mol. The zero-order valence-electron chi connectivity index (χ0n) is 59.9. The molecule has 1 saturated heterocycles. The number of alkyl halides is 1. The third kappa shape index (κ3) is 32.6. The number of nitrogens with one attached hydrogen (secondary N) is 1. The zero-order chi connectivity index (χ0) is 80.3. The van der Waals surface area contributed by atoms with Gasteiger partial charge in [-0.25, -0.2) is 33.6 Å². The van der Waals surface area contributed by atoms with Gasteiger partial charge in [0, 0.05) is 74.2 Å². The number of nitro benzene ring substituents is 2. The van der Waals surface area contributed by atoms with Gasteiger partial charge < -0.3 is 72.2 Å². The molecule has 0 radical (unpaired) electrons. The van der Waals surface area contributed by atoms with E-state index in [2.05, 4.69) is 14.8 Å². The van der Waals surface area contributed by atoms with Crippen molar-refractivity contribution in [1.82, 2.24) is 0 Å². The van der Waals surface area contributed by atoms with Crippen molar-refractivity contribution in [2.24, 2.45) is 0 Å². The number of halogens is 3. The van der Waals surface area contributed by atoms with Crippen LogP contribution >= 0.6 is 67.8 Å². The topological polar surface area (TPSA) is 561 Å². The number of nitro groups is 2. The van der Waals surface area contributed by atoms with Gasteiger partial charge in [-0.15, -0.1) is 0 Å². The van der Waals surface area contributed by atoms with Crippen LogP contribution in [-0.4, -0.2) is 158 Å². The molecule has 8 aromatic rings. The van der Waals surface area contributed by atoms with E-state index in [9.17, 15) is 63.7 Å². The first-order valence-electron chi connectivity index (χ1n) is 30.8. The number of methoxy groups -OCH3 is 3. The standard InChI is InChI=1S/C18H19NO4.C16H15NO4.C16H13NO3.C8H6INO4.C7H4INO4.C4H8O.CH3I.CH4O.CH4.Li.H2O4S.2H2O/c1-11(13-6-4-5-7-15(13)18(21)23-3)14-9-8-12(10-16(14)19)17(20)22-2;1-9(11-4-2-3-5-13(11)16(20)21)12-7-6-10(15(18)19)8-14(12)17;1-9-11-4-2-3-5-13(11)15(18)17-14-8-10(16(19)20)6-7-12(9)14;1-14-8(11)5-2-3-6(9)7(4-5)10(12)13;8-5-2-1-4(7(10)11)3-6(5)9(12)13;1-2-4-5-3-1;2*1-2;;;1-5(2,3)4;;/h4-11H,19H2,1-3H3;2-9H,17H2,1H3,(H,18,19)(H,20,21);2-9H,1H3,(H,17,18)(H,19,20);2-4H,1H3;1-3H,(H,10,11);1-4H2;1H3;2H,1H3;1H4;;(H2,1,2,3,4);2*1H2/q;;;;;;;;;+1;;;/p-1/i;;;;;;1D;;;;;;. The van der Waals surface area contributed by atoms with Crippen LogP contribution in [0.25, 0.3) is 0 Å². The molecule has 0 spiro atoms. The van der Waals surface area contributed by atoms with E-state index in [0.717, 1.165) is 48.6 Å². The van der Waals surface area contributed by atoms with Crippen molar-refractivity contribution in [3.63, 3.8) is 0 Å². The summed E-state index contributed by atoms with van der Waals surface area (Å²) in [5, 5.41) is 66.5. The molecular formula is C72H81I3LiN5O27S. The first-order valence-corrected chi connectivity index (χ1v) is 35.2. The van der Waals surface area contributed by atoms with Crippen molar-refractivity contribution in [1.29, 1.82) is 0 Å². The normalized spacial score (nSPS) is 12.0. The third-order valence-corrected chi connectivity index (χ3v) is 16.6. The molecule has 8 aromatic carbocycles. The second kappa shape index (κ2) is 51.7. The number of hydrogen-bond acceptors (Lipinski definition) is 22. The number of hydrogen-bond donors (Lipinski definition) is 10. The molecule has 3 unspecified atom stereocenters. The van der Waals surface area contributed by atoms with Gasteiger partial charge in [-0.05, 0) is 175 Å². The summed E-state index contributed by atoms with van der Waals surface area (Å²) in [6.07, 6.45) is 2.56. The number of carbonyl (C=O) groups excluding carboxylic acids is 4. The molecule has 584 valence electrons. The van der Waals surface area contributed by atoms with Gasteiger partial charge in [-0.2, -0.15) is 8.42 Å². The van der Waals surface area contributed by atoms with Gasteiger partial charge in [0.2, 0.25) is 0 Å². The number of carboxylic acids is 4. The fraction of sp³-hybridized carbons (Fsp3) is 0.222. The number of carboxylic acid groups (broad SMARTS) is 4. The second-order valence-electron chi connectivity index (χ2n) is 21.2. The van der Waals surface area contributed by atoms with Crippen molar-refractivity contribution in [3.05, 3.63) is 269 Å². The van der Waals surface area contributed by atoms with Gasteiger partial charge in [0.15, 0.2) is 0 Å². The Morgan fingerprint density at radius 3 is 1.33 bits per heavy atom. The van der Waals surface area contributed by atoms with E-state index < -0.39 is 62.0 Å². The minimum absolute atomic E-state index is 0. The number of carbonyl (C=O) groups is 8. The summed E-state index contributed by atoms with van der Waals surface area (Å²) in [6.45, 7) is 7.80. The molecule has 2 heterocycles. The number of rotatable bonds is 13. The molecule has 2 aliphatic rings. The van der Waals surface area contributed by atoms with E-state index in [-0.39, 0.29) is 100 Å².